The maximum Gasteiger partial charge on any atom is 0.262 e. The van der Waals surface area contributed by atoms with Gasteiger partial charge in [0.15, 0.2) is 23.9 Å². The lowest BCUT2D eigenvalue weighted by molar-refractivity contribution is -0.118. The standard InChI is InChI=1S/C26H25NO7/c1-3-33-25-14-17(8-12-21(29)19-11-10-18(28)15-22(19)30)9-13-24(25)34-16-26(31)27-20-6-4-5-7-23(20)32-2/h4-15,28,30H,3,16H2,1-2H3,(H,27,31)/b12-8+. The SMILES string of the molecule is CCOc1cc(/C=C/C(=O)c2ccc(O)cc2O)ccc1OCC(=O)Nc1ccccc1OC. The molecule has 3 aromatic carbocycles. The number of hydrogen-bond donors (Lipinski definition) is 3. The molecule has 0 saturated heterocycles. The number of amides is 1. The molecule has 0 heterocycles. The third kappa shape index (κ3) is 6.29. The molecule has 0 bridgehead atoms. The van der Waals surface area contributed by atoms with Crippen LogP contribution in [0, 0.1) is 0 Å². The van der Waals surface area contributed by atoms with E-state index >= 15 is 0 Å². The summed E-state index contributed by atoms with van der Waals surface area (Å²) in [4.78, 5) is 24.7. The minimum absolute atomic E-state index is 0.0695. The summed E-state index contributed by atoms with van der Waals surface area (Å²) in [5, 5.41) is 21.9. The molecule has 34 heavy (non-hydrogen) atoms. The van der Waals surface area contributed by atoms with Crippen molar-refractivity contribution in [3.63, 3.8) is 0 Å². The molecule has 0 saturated carbocycles. The van der Waals surface area contributed by atoms with Crippen LogP contribution < -0.4 is 19.5 Å². The molecule has 3 rings (SSSR count). The molecule has 0 radical (unpaired) electrons. The van der Waals surface area contributed by atoms with E-state index in [0.717, 1.165) is 6.07 Å². The van der Waals surface area contributed by atoms with E-state index in [0.29, 0.717) is 35.1 Å². The fraction of sp³-hybridized carbons (Fsp3) is 0.154. The molecule has 0 spiro atoms. The van der Waals surface area contributed by atoms with Crippen LogP contribution in [-0.4, -0.2) is 42.2 Å². The maximum atomic E-state index is 12.4. The zero-order valence-electron chi connectivity index (χ0n) is 18.8. The molecular weight excluding hydrogens is 438 g/mol. The van der Waals surface area contributed by atoms with Crippen LogP contribution in [0.15, 0.2) is 66.7 Å². The third-order valence-corrected chi connectivity index (χ3v) is 4.68. The van der Waals surface area contributed by atoms with Crippen molar-refractivity contribution in [2.75, 3.05) is 25.6 Å². The summed E-state index contributed by atoms with van der Waals surface area (Å²) in [5.74, 6) is 0.0916. The van der Waals surface area contributed by atoms with Crippen LogP contribution >= 0.6 is 0 Å². The van der Waals surface area contributed by atoms with Crippen LogP contribution in [0.25, 0.3) is 6.08 Å². The van der Waals surface area contributed by atoms with Crippen molar-refractivity contribution in [3.8, 4) is 28.7 Å². The van der Waals surface area contributed by atoms with Crippen molar-refractivity contribution in [2.24, 2.45) is 0 Å². The molecule has 176 valence electrons. The van der Waals surface area contributed by atoms with E-state index in [1.165, 1.54) is 25.3 Å². The van der Waals surface area contributed by atoms with Crippen molar-refractivity contribution in [2.45, 2.75) is 6.92 Å². The van der Waals surface area contributed by atoms with Gasteiger partial charge < -0.3 is 29.7 Å². The molecule has 3 N–H and O–H groups in total. The topological polar surface area (TPSA) is 114 Å². The Hall–Kier alpha value is -4.46. The van der Waals surface area contributed by atoms with E-state index in [1.54, 1.807) is 48.5 Å². The summed E-state index contributed by atoms with van der Waals surface area (Å²) in [6.07, 6.45) is 2.87. The van der Waals surface area contributed by atoms with Gasteiger partial charge in [0.1, 0.15) is 17.2 Å². The molecule has 0 unspecified atom stereocenters. The lowest BCUT2D eigenvalue weighted by atomic mass is 10.1. The van der Waals surface area contributed by atoms with Crippen LogP contribution in [0.1, 0.15) is 22.8 Å². The van der Waals surface area contributed by atoms with Crippen LogP contribution in [0.5, 0.6) is 28.7 Å². The van der Waals surface area contributed by atoms with Crippen LogP contribution in [0.2, 0.25) is 0 Å². The van der Waals surface area contributed by atoms with Crippen molar-refractivity contribution >= 4 is 23.5 Å². The van der Waals surface area contributed by atoms with Gasteiger partial charge in [-0.2, -0.15) is 0 Å². The highest BCUT2D eigenvalue weighted by atomic mass is 16.5. The summed E-state index contributed by atoms with van der Waals surface area (Å²) in [5.41, 5.74) is 1.26. The van der Waals surface area contributed by atoms with E-state index in [4.69, 9.17) is 14.2 Å². The first-order valence-electron chi connectivity index (χ1n) is 10.5. The van der Waals surface area contributed by atoms with E-state index in [9.17, 15) is 19.8 Å². The molecule has 8 heteroatoms. The Morgan fingerprint density at radius 3 is 2.47 bits per heavy atom. The second kappa shape index (κ2) is 11.4. The van der Waals surface area contributed by atoms with Crippen LogP contribution in [0.4, 0.5) is 5.69 Å². The highest BCUT2D eigenvalue weighted by Gasteiger charge is 2.12. The number of carbonyl (C=O) groups excluding carboxylic acids is 2. The Morgan fingerprint density at radius 1 is 0.941 bits per heavy atom. The molecule has 0 aliphatic heterocycles. The summed E-state index contributed by atoms with van der Waals surface area (Å²) in [7, 11) is 1.52. The van der Waals surface area contributed by atoms with Gasteiger partial charge in [0.05, 0.1) is 25.0 Å². The molecule has 0 aliphatic rings. The summed E-state index contributed by atoms with van der Waals surface area (Å²) >= 11 is 0. The average molecular weight is 463 g/mol. The average Bonchev–Trinajstić information content (AvgIpc) is 2.82. The number of ether oxygens (including phenoxy) is 3. The number of anilines is 1. The molecule has 0 atom stereocenters. The predicted molar refractivity (Wildman–Crippen MR) is 128 cm³/mol. The van der Waals surface area contributed by atoms with Gasteiger partial charge in [-0.05, 0) is 55.0 Å². The van der Waals surface area contributed by atoms with Crippen molar-refractivity contribution < 1.29 is 34.0 Å². The number of allylic oxidation sites excluding steroid dienone is 1. The minimum atomic E-state index is -0.427. The van der Waals surface area contributed by atoms with Gasteiger partial charge in [-0.3, -0.25) is 9.59 Å². The van der Waals surface area contributed by atoms with Gasteiger partial charge in [-0.1, -0.05) is 24.3 Å². The summed E-state index contributed by atoms with van der Waals surface area (Å²) in [6, 6.07) is 15.8. The highest BCUT2D eigenvalue weighted by Crippen LogP contribution is 2.30. The number of hydrogen-bond acceptors (Lipinski definition) is 7. The van der Waals surface area contributed by atoms with Gasteiger partial charge in [0, 0.05) is 6.07 Å². The monoisotopic (exact) mass is 463 g/mol. The fourth-order valence-corrected chi connectivity index (χ4v) is 3.08. The highest BCUT2D eigenvalue weighted by molar-refractivity contribution is 6.08. The fourth-order valence-electron chi connectivity index (χ4n) is 3.08. The summed E-state index contributed by atoms with van der Waals surface area (Å²) in [6.45, 7) is 1.95. The summed E-state index contributed by atoms with van der Waals surface area (Å²) < 4.78 is 16.5. The smallest absolute Gasteiger partial charge is 0.262 e. The van der Waals surface area contributed by atoms with Crippen LogP contribution in [-0.2, 0) is 4.79 Å². The second-order valence-electron chi connectivity index (χ2n) is 7.08. The lowest BCUT2D eigenvalue weighted by Crippen LogP contribution is -2.20. The van der Waals surface area contributed by atoms with E-state index < -0.39 is 5.78 Å². The normalized spacial score (nSPS) is 10.6. The number of benzene rings is 3. The maximum absolute atomic E-state index is 12.4. The van der Waals surface area contributed by atoms with Gasteiger partial charge in [-0.25, -0.2) is 0 Å². The van der Waals surface area contributed by atoms with Crippen LogP contribution in [0.3, 0.4) is 0 Å². The first-order chi connectivity index (χ1) is 16.4. The Morgan fingerprint density at radius 2 is 1.74 bits per heavy atom. The Balaban J connectivity index is 1.68. The minimum Gasteiger partial charge on any atom is -0.508 e. The predicted octanol–water partition coefficient (Wildman–Crippen LogP) is 4.42. The van der Waals surface area contributed by atoms with Crippen molar-refractivity contribution in [1.82, 2.24) is 0 Å². The first kappa shape index (κ1) is 24.2. The van der Waals surface area contributed by atoms with Crippen molar-refractivity contribution in [1.29, 1.82) is 0 Å². The van der Waals surface area contributed by atoms with Gasteiger partial charge in [0.25, 0.3) is 5.91 Å². The molecular formula is C26H25NO7. The number of rotatable bonds is 10. The molecule has 1 amide bonds. The third-order valence-electron chi connectivity index (χ3n) is 4.68. The molecule has 0 aromatic heterocycles. The number of nitrogens with one attached hydrogen (secondary N) is 1. The van der Waals surface area contributed by atoms with Crippen molar-refractivity contribution in [3.05, 3.63) is 77.9 Å². The number of methoxy groups -OCH3 is 1. The number of para-hydroxylation sites is 2. The van der Waals surface area contributed by atoms with Gasteiger partial charge >= 0.3 is 0 Å². The number of aromatic hydroxyl groups is 2. The zero-order valence-corrected chi connectivity index (χ0v) is 18.8. The van der Waals surface area contributed by atoms with Gasteiger partial charge in [-0.15, -0.1) is 0 Å². The number of ketones is 1. The van der Waals surface area contributed by atoms with E-state index in [1.807, 2.05) is 6.92 Å². The Labute approximate surface area is 197 Å². The number of phenols is 2. The second-order valence-corrected chi connectivity index (χ2v) is 7.08. The molecule has 3 aromatic rings. The molecule has 0 fully saturated rings. The number of phenolic OH excluding ortho intramolecular Hbond substituents is 2. The lowest BCUT2D eigenvalue weighted by Gasteiger charge is -2.13. The first-order valence-corrected chi connectivity index (χ1v) is 10.5. The van der Waals surface area contributed by atoms with E-state index in [2.05, 4.69) is 5.32 Å². The Bertz CT molecular complexity index is 1200. The molecule has 8 nitrogen and oxygen atoms in total. The quantitative estimate of drug-likeness (QED) is 0.301. The largest absolute Gasteiger partial charge is 0.508 e. The number of carbonyl (C=O) groups is 2. The Kier molecular flexibility index (Phi) is 8.12. The van der Waals surface area contributed by atoms with E-state index in [-0.39, 0.29) is 29.6 Å². The molecule has 0 aliphatic carbocycles. The zero-order chi connectivity index (χ0) is 24.5. The van der Waals surface area contributed by atoms with Gasteiger partial charge in [0.2, 0.25) is 0 Å².